The molecule has 0 spiro atoms. The molecule has 1 aromatic rings. The third-order valence-corrected chi connectivity index (χ3v) is 2.95. The minimum absolute atomic E-state index is 0.227. The van der Waals surface area contributed by atoms with E-state index in [1.165, 1.54) is 12.1 Å². The van der Waals surface area contributed by atoms with E-state index in [0.29, 0.717) is 0 Å². The van der Waals surface area contributed by atoms with Gasteiger partial charge in [0.05, 0.1) is 0 Å². The van der Waals surface area contributed by atoms with Gasteiger partial charge in [-0.2, -0.15) is 0 Å². The fourth-order valence-corrected chi connectivity index (χ4v) is 1.79. The van der Waals surface area contributed by atoms with Crippen molar-refractivity contribution >= 4 is 15.9 Å². The predicted molar refractivity (Wildman–Crippen MR) is 59.2 cm³/mol. The maximum Gasteiger partial charge on any atom is 0.124 e. The molecular weight excluding hydrogens is 247 g/mol. The summed E-state index contributed by atoms with van der Waals surface area (Å²) in [6, 6.07) is 4.94. The molecule has 3 N–H and O–H groups in total. The summed E-state index contributed by atoms with van der Waals surface area (Å²) in [5.41, 5.74) is 3.79. The van der Waals surface area contributed by atoms with Crippen LogP contribution in [0.3, 0.4) is 0 Å². The lowest BCUT2D eigenvalue weighted by Crippen LogP contribution is -2.36. The first kappa shape index (κ1) is 11.6. The maximum atomic E-state index is 12.8. The van der Waals surface area contributed by atoms with E-state index >= 15 is 0 Å². The molecule has 0 heterocycles. The lowest BCUT2D eigenvalue weighted by atomic mass is 10.0. The van der Waals surface area contributed by atoms with Gasteiger partial charge in [-0.3, -0.25) is 11.3 Å². The first-order valence-corrected chi connectivity index (χ1v) is 5.36. The van der Waals surface area contributed by atoms with Crippen molar-refractivity contribution in [3.05, 3.63) is 34.1 Å². The normalized spacial score (nSPS) is 12.9. The van der Waals surface area contributed by atoms with Crippen LogP contribution in [0.15, 0.2) is 22.7 Å². The van der Waals surface area contributed by atoms with E-state index in [9.17, 15) is 4.39 Å². The van der Waals surface area contributed by atoms with Gasteiger partial charge in [0.1, 0.15) is 5.82 Å². The molecule has 1 atom stereocenters. The van der Waals surface area contributed by atoms with Gasteiger partial charge in [0, 0.05) is 10.5 Å². The van der Waals surface area contributed by atoms with E-state index in [-0.39, 0.29) is 11.9 Å². The Morgan fingerprint density at radius 1 is 1.57 bits per heavy atom. The van der Waals surface area contributed by atoms with E-state index < -0.39 is 0 Å². The average molecular weight is 261 g/mol. The fraction of sp³-hybridized carbons (Fsp3) is 0.400. The van der Waals surface area contributed by atoms with Crippen LogP contribution in [0.5, 0.6) is 0 Å². The van der Waals surface area contributed by atoms with Crippen molar-refractivity contribution in [2.24, 2.45) is 5.84 Å². The summed E-state index contributed by atoms with van der Waals surface area (Å²) in [6.45, 7) is 2.06. The van der Waals surface area contributed by atoms with Crippen LogP contribution in [0.1, 0.15) is 18.9 Å². The highest BCUT2D eigenvalue weighted by Crippen LogP contribution is 2.19. The van der Waals surface area contributed by atoms with Crippen molar-refractivity contribution < 1.29 is 4.39 Å². The van der Waals surface area contributed by atoms with Gasteiger partial charge in [-0.05, 0) is 30.5 Å². The summed E-state index contributed by atoms with van der Waals surface area (Å²) in [7, 11) is 0. The highest BCUT2D eigenvalue weighted by molar-refractivity contribution is 9.10. The second kappa shape index (κ2) is 5.44. The molecule has 0 fully saturated rings. The van der Waals surface area contributed by atoms with Gasteiger partial charge >= 0.3 is 0 Å². The Hall–Kier alpha value is -0.450. The van der Waals surface area contributed by atoms with Gasteiger partial charge < -0.3 is 0 Å². The van der Waals surface area contributed by atoms with Crippen LogP contribution < -0.4 is 11.3 Å². The Morgan fingerprint density at radius 2 is 2.29 bits per heavy atom. The minimum Gasteiger partial charge on any atom is -0.271 e. The van der Waals surface area contributed by atoms with Gasteiger partial charge in [-0.15, -0.1) is 0 Å². The van der Waals surface area contributed by atoms with E-state index in [0.717, 1.165) is 22.9 Å². The molecule has 0 saturated carbocycles. The molecule has 78 valence electrons. The van der Waals surface area contributed by atoms with Crippen molar-refractivity contribution in [2.75, 3.05) is 0 Å². The average Bonchev–Trinajstić information content (AvgIpc) is 2.17. The second-order valence-electron chi connectivity index (χ2n) is 3.21. The molecule has 4 heteroatoms. The highest BCUT2D eigenvalue weighted by Gasteiger charge is 2.08. The third kappa shape index (κ3) is 3.04. The topological polar surface area (TPSA) is 38.0 Å². The fourth-order valence-electron chi connectivity index (χ4n) is 1.27. The molecular formula is C10H14BrFN2. The molecule has 0 aliphatic heterocycles. The monoisotopic (exact) mass is 260 g/mol. The maximum absolute atomic E-state index is 12.8. The van der Waals surface area contributed by atoms with Crippen molar-refractivity contribution in [1.29, 1.82) is 0 Å². The molecule has 14 heavy (non-hydrogen) atoms. The molecule has 0 amide bonds. The Kier molecular flexibility index (Phi) is 4.51. The Bertz CT molecular complexity index is 300. The SMILES string of the molecule is CCC(Cc1ccc(F)cc1Br)NN. The molecule has 1 rings (SSSR count). The van der Waals surface area contributed by atoms with Gasteiger partial charge in [0.2, 0.25) is 0 Å². The molecule has 0 saturated heterocycles. The molecule has 0 bridgehead atoms. The van der Waals surface area contributed by atoms with E-state index in [1.54, 1.807) is 6.07 Å². The number of nitrogens with one attached hydrogen (secondary N) is 1. The Balaban J connectivity index is 2.76. The molecule has 0 aromatic heterocycles. The number of hydrazine groups is 1. The summed E-state index contributed by atoms with van der Waals surface area (Å²) in [5, 5.41) is 0. The van der Waals surface area contributed by atoms with Gasteiger partial charge in [0.15, 0.2) is 0 Å². The Labute approximate surface area is 91.8 Å². The number of hydrogen-bond donors (Lipinski definition) is 2. The zero-order valence-electron chi connectivity index (χ0n) is 8.06. The quantitative estimate of drug-likeness (QED) is 0.645. The molecule has 0 radical (unpaired) electrons. The van der Waals surface area contributed by atoms with Crippen LogP contribution in [0.4, 0.5) is 4.39 Å². The van der Waals surface area contributed by atoms with Crippen LogP contribution in [0, 0.1) is 5.82 Å². The minimum atomic E-state index is -0.227. The largest absolute Gasteiger partial charge is 0.271 e. The zero-order valence-corrected chi connectivity index (χ0v) is 9.64. The molecule has 1 unspecified atom stereocenters. The van der Waals surface area contributed by atoms with Crippen LogP contribution in [-0.2, 0) is 6.42 Å². The van der Waals surface area contributed by atoms with Gasteiger partial charge in [0.25, 0.3) is 0 Å². The van der Waals surface area contributed by atoms with Crippen LogP contribution in [0.2, 0.25) is 0 Å². The molecule has 2 nitrogen and oxygen atoms in total. The number of rotatable bonds is 4. The standard InChI is InChI=1S/C10H14BrFN2/c1-2-9(14-13)5-7-3-4-8(12)6-10(7)11/h3-4,6,9,14H,2,5,13H2,1H3. The van der Waals surface area contributed by atoms with Crippen molar-refractivity contribution in [2.45, 2.75) is 25.8 Å². The molecule has 0 aliphatic rings. The van der Waals surface area contributed by atoms with Crippen molar-refractivity contribution in [1.82, 2.24) is 5.43 Å². The van der Waals surface area contributed by atoms with Crippen LogP contribution in [-0.4, -0.2) is 6.04 Å². The summed E-state index contributed by atoms with van der Waals surface area (Å²) in [4.78, 5) is 0. The molecule has 1 aromatic carbocycles. The summed E-state index contributed by atoms with van der Waals surface area (Å²) in [5.74, 6) is 5.14. The van der Waals surface area contributed by atoms with Gasteiger partial charge in [-0.25, -0.2) is 4.39 Å². The summed E-state index contributed by atoms with van der Waals surface area (Å²) in [6.07, 6.45) is 1.74. The number of halogens is 2. The predicted octanol–water partition coefficient (Wildman–Crippen LogP) is 2.37. The first-order valence-electron chi connectivity index (χ1n) is 4.57. The Morgan fingerprint density at radius 3 is 2.79 bits per heavy atom. The number of hydrogen-bond acceptors (Lipinski definition) is 2. The van der Waals surface area contributed by atoms with E-state index in [1.807, 2.05) is 0 Å². The first-order chi connectivity index (χ1) is 6.67. The second-order valence-corrected chi connectivity index (χ2v) is 4.07. The highest BCUT2D eigenvalue weighted by atomic mass is 79.9. The molecule has 0 aliphatic carbocycles. The lowest BCUT2D eigenvalue weighted by Gasteiger charge is -2.14. The summed E-state index contributed by atoms with van der Waals surface area (Å²) >= 11 is 3.33. The summed E-state index contributed by atoms with van der Waals surface area (Å²) < 4.78 is 13.6. The zero-order chi connectivity index (χ0) is 10.6. The van der Waals surface area contributed by atoms with Crippen LogP contribution in [0.25, 0.3) is 0 Å². The number of nitrogens with two attached hydrogens (primary N) is 1. The van der Waals surface area contributed by atoms with Crippen molar-refractivity contribution in [3.8, 4) is 0 Å². The third-order valence-electron chi connectivity index (χ3n) is 2.21. The smallest absolute Gasteiger partial charge is 0.124 e. The van der Waals surface area contributed by atoms with Crippen molar-refractivity contribution in [3.63, 3.8) is 0 Å². The van der Waals surface area contributed by atoms with Crippen LogP contribution >= 0.6 is 15.9 Å². The van der Waals surface area contributed by atoms with E-state index in [4.69, 9.17) is 5.84 Å². The van der Waals surface area contributed by atoms with E-state index in [2.05, 4.69) is 28.3 Å². The van der Waals surface area contributed by atoms with Gasteiger partial charge in [-0.1, -0.05) is 28.9 Å². The lowest BCUT2D eigenvalue weighted by molar-refractivity contribution is 0.509. The number of benzene rings is 1.